The Morgan fingerprint density at radius 2 is 1.35 bits per heavy atom. The summed E-state index contributed by atoms with van der Waals surface area (Å²) >= 11 is 0. The number of carbonyl (C=O) groups is 16. The van der Waals surface area contributed by atoms with E-state index in [4.69, 9.17) is 35.8 Å². The van der Waals surface area contributed by atoms with Crippen molar-refractivity contribution in [2.45, 2.75) is 221 Å². The summed E-state index contributed by atoms with van der Waals surface area (Å²) in [5.74, 6) is -14.6. The maximum Gasteiger partial charge on any atom is 0.407 e. The van der Waals surface area contributed by atoms with E-state index in [1.54, 1.807) is 44.3 Å². The fourth-order valence-corrected chi connectivity index (χ4v) is 19.2. The third-order valence-electron chi connectivity index (χ3n) is 24.5. The number of imidazole rings is 1. The quantitative estimate of drug-likeness (QED) is 0.00647. The molecule has 2 aromatic heterocycles. The number of carbonyl (C=O) groups excluding carboxylic acids is 16. The highest BCUT2D eigenvalue weighted by molar-refractivity contribution is 8.76. The zero-order valence-electron chi connectivity index (χ0n) is 77.3. The van der Waals surface area contributed by atoms with E-state index in [0.29, 0.717) is 34.1 Å². The van der Waals surface area contributed by atoms with Crippen molar-refractivity contribution in [1.29, 1.82) is 5.41 Å². The van der Waals surface area contributed by atoms with Gasteiger partial charge >= 0.3 is 6.09 Å². The molecule has 0 unspecified atom stereocenters. The average molecular weight is 1990 g/mol. The number of phenols is 3. The molecule has 11 rings (SSSR count). The first-order chi connectivity index (χ1) is 66.9. The first-order valence-corrected chi connectivity index (χ1v) is 48.3. The second-order valence-electron chi connectivity index (χ2n) is 35.1. The fraction of sp³-hybridized carbons (Fsp3) is 0.500. The number of primary amides is 1. The molecule has 5 aliphatic rings. The van der Waals surface area contributed by atoms with Crippen LogP contribution < -0.4 is 80.0 Å². The Kier molecular flexibility index (Phi) is 38.1. The summed E-state index contributed by atoms with van der Waals surface area (Å²) in [6, 6.07) is 2.58. The van der Waals surface area contributed by atoms with Crippen molar-refractivity contribution in [3.8, 4) is 23.0 Å². The highest BCUT2D eigenvalue weighted by Gasteiger charge is 2.52. The Morgan fingerprint density at radius 3 is 2.03 bits per heavy atom. The van der Waals surface area contributed by atoms with Crippen molar-refractivity contribution in [2.24, 2.45) is 17.4 Å². The van der Waals surface area contributed by atoms with Gasteiger partial charge < -0.3 is 145 Å². The van der Waals surface area contributed by atoms with Gasteiger partial charge in [0.2, 0.25) is 76.7 Å². The van der Waals surface area contributed by atoms with Crippen LogP contribution in [0.3, 0.4) is 0 Å². The maximum absolute atomic E-state index is 15.3. The summed E-state index contributed by atoms with van der Waals surface area (Å²) in [6.45, 7) is 2.16. The lowest BCUT2D eigenvalue weighted by atomic mass is 9.72. The molecule has 756 valence electrons. The summed E-state index contributed by atoms with van der Waals surface area (Å²) in [4.78, 5) is 235. The standard InChI is InChI=1S/C92H119N19O27S2/c1-45(2)32-59(83(126)104-57(16-10-27-98-90(94)95)89(132)111-28-11-17-64(111)88(131)100-41-68(93)116)105-81(124)55(103-84(127)60(33-47-19-21-50(114)22-20-47)106-87(130)63(42-112)109-85(128)61(34-48-39-99-54-14-6-5-12-51(48)54)107-86(129)62(35-49-40-96-44-101-49)108-82(125)56-23-24-70(118)102-56)15-7-8-26-97-69(117)25-30-139-140-31-29-136-91(133)110-58-36-71(137-46(3)76(58)119)138-66-38-92(134,67(115)43-113)37-53-73(66)80(123)75-74(78(53)121)77(120)52-13-9-18-65(135-4)72(52)79(75)122/h5-6,9,12-14,18-22,39-40,44-46,55-64,66,71,76,99,112-114,119,121,123,134H,7-8,10-11,15-17,23-38,41-43H2,1-4H3,(H2,93,116)(H,96,101)(H,97,117)(H,100,131)(H,102,118)(H,103,127)(H,104,126)(H,105,124)(H,106,130)(H,107,129)(H,108,125)(H,109,128)(H,110,133)(H4,94,95,98)/t46-,55+,56-,57-,58-,59-,60-,61-,62-,63-,64-,66-,71-,76+,92-/m0/s1. The lowest BCUT2D eigenvalue weighted by molar-refractivity contribution is -0.249. The van der Waals surface area contributed by atoms with Gasteiger partial charge in [-0.2, -0.15) is 0 Å². The fourth-order valence-electron chi connectivity index (χ4n) is 17.4. The largest absolute Gasteiger partial charge is 0.508 e. The van der Waals surface area contributed by atoms with E-state index in [9.17, 15) is 103 Å². The van der Waals surface area contributed by atoms with E-state index in [0.717, 1.165) is 0 Å². The predicted molar refractivity (Wildman–Crippen MR) is 502 cm³/mol. The number of aromatic hydroxyl groups is 3. The number of aromatic amines is 2. The van der Waals surface area contributed by atoms with Crippen LogP contribution in [0.15, 0.2) is 85.5 Å². The van der Waals surface area contributed by atoms with Crippen LogP contribution in [0.4, 0.5) is 4.79 Å². The van der Waals surface area contributed by atoms with Gasteiger partial charge in [-0.25, -0.2) is 9.78 Å². The molecule has 46 nitrogen and oxygen atoms in total. The minimum absolute atomic E-state index is 0.00490. The van der Waals surface area contributed by atoms with Crippen LogP contribution >= 0.6 is 21.6 Å². The van der Waals surface area contributed by atoms with Gasteiger partial charge in [0, 0.05) is 122 Å². The number of H-pyrrole nitrogens is 2. The van der Waals surface area contributed by atoms with Gasteiger partial charge in [-0.15, -0.1) is 0 Å². The number of unbranched alkanes of at least 4 members (excludes halogenated alkanes) is 1. The molecule has 3 fully saturated rings. The number of phenolic OH excluding ortho intramolecular Hbond substituents is 3. The first-order valence-electron chi connectivity index (χ1n) is 45.8. The number of ether oxygens (including phenoxy) is 4. The normalized spacial score (nSPS) is 20.1. The summed E-state index contributed by atoms with van der Waals surface area (Å²) in [6.07, 6.45) is -3.76. The number of ketones is 3. The monoisotopic (exact) mass is 1990 g/mol. The Hall–Kier alpha value is -13.5. The summed E-state index contributed by atoms with van der Waals surface area (Å²) in [5, 5.41) is 118. The second-order valence-corrected chi connectivity index (χ2v) is 37.8. The minimum Gasteiger partial charge on any atom is -0.508 e. The number of hydrogen-bond acceptors (Lipinski definition) is 31. The van der Waals surface area contributed by atoms with E-state index in [1.807, 2.05) is 0 Å². The Labute approximate surface area is 810 Å². The van der Waals surface area contributed by atoms with Gasteiger partial charge in [0.25, 0.3) is 0 Å². The van der Waals surface area contributed by atoms with Crippen LogP contribution in [-0.4, -0.2) is 305 Å². The van der Waals surface area contributed by atoms with Crippen molar-refractivity contribution in [3.05, 3.63) is 136 Å². The van der Waals surface area contributed by atoms with Crippen LogP contribution in [-0.2, 0) is 102 Å². The van der Waals surface area contributed by atoms with Crippen LogP contribution in [0.2, 0.25) is 0 Å². The van der Waals surface area contributed by atoms with E-state index in [2.05, 4.69) is 78.8 Å². The molecule has 140 heavy (non-hydrogen) atoms. The van der Waals surface area contributed by atoms with Crippen molar-refractivity contribution >= 4 is 133 Å². The predicted octanol–water partition coefficient (Wildman–Crippen LogP) is -1.97. The minimum atomic E-state index is -2.46. The van der Waals surface area contributed by atoms with E-state index in [1.165, 1.54) is 95.5 Å². The average Bonchev–Trinajstić information content (AvgIpc) is 0.763. The van der Waals surface area contributed by atoms with Crippen LogP contribution in [0.1, 0.15) is 170 Å². The highest BCUT2D eigenvalue weighted by Crippen LogP contribution is 2.53. The van der Waals surface area contributed by atoms with Gasteiger partial charge in [0.15, 0.2) is 23.8 Å². The topological polar surface area (TPSA) is 720 Å². The van der Waals surface area contributed by atoms with Crippen molar-refractivity contribution in [1.82, 2.24) is 83.7 Å². The van der Waals surface area contributed by atoms with Crippen LogP contribution in [0.5, 0.6) is 23.0 Å². The molecule has 5 heterocycles. The van der Waals surface area contributed by atoms with E-state index < -0.39 is 234 Å². The molecule has 3 saturated heterocycles. The molecule has 0 radical (unpaired) electrons. The highest BCUT2D eigenvalue weighted by atomic mass is 33.1. The van der Waals surface area contributed by atoms with Crippen LogP contribution in [0, 0.1) is 11.3 Å². The number of rotatable bonds is 49. The number of benzene rings is 4. The van der Waals surface area contributed by atoms with E-state index in [-0.39, 0.29) is 179 Å². The number of alkyl carbamates (subject to hydrolysis) is 1. The third-order valence-corrected chi connectivity index (χ3v) is 26.9. The number of amides is 13. The zero-order valence-corrected chi connectivity index (χ0v) is 78.9. The number of nitrogens with two attached hydrogens (primary N) is 2. The number of para-hydroxylation sites is 1. The Bertz CT molecular complexity index is 5550. The van der Waals surface area contributed by atoms with Gasteiger partial charge in [-0.05, 0) is 106 Å². The summed E-state index contributed by atoms with van der Waals surface area (Å²) in [5.41, 5.74) is 8.05. The maximum atomic E-state index is 15.3. The van der Waals surface area contributed by atoms with Gasteiger partial charge in [0.1, 0.15) is 102 Å². The first kappa shape index (κ1) is 107. The number of Topliss-reactive ketones (excluding diaryl/α,β-unsaturated/α-hetero) is 1. The second kappa shape index (κ2) is 49.9. The van der Waals surface area contributed by atoms with Crippen molar-refractivity contribution < 1.29 is 131 Å². The Balaban J connectivity index is 0.740. The van der Waals surface area contributed by atoms with Crippen molar-refractivity contribution in [2.75, 3.05) is 64.6 Å². The molecule has 26 N–H and O–H groups in total. The van der Waals surface area contributed by atoms with Gasteiger partial charge in [0.05, 0.1) is 67.2 Å². The van der Waals surface area contributed by atoms with Gasteiger partial charge in [-0.1, -0.05) is 77.9 Å². The molecule has 2 aliphatic carbocycles. The molecule has 48 heteroatoms. The summed E-state index contributed by atoms with van der Waals surface area (Å²) in [7, 11) is 3.78. The Morgan fingerprint density at radius 1 is 0.700 bits per heavy atom. The molecule has 3 aliphatic heterocycles. The van der Waals surface area contributed by atoms with Crippen LogP contribution in [0.25, 0.3) is 10.9 Å². The third kappa shape index (κ3) is 28.0. The number of hydrogen-bond donors (Lipinski definition) is 24. The number of nitrogens with one attached hydrogen (secondary N) is 15. The zero-order chi connectivity index (χ0) is 101. The molecule has 0 saturated carbocycles. The molecule has 4 aromatic carbocycles. The number of aromatic nitrogens is 3. The number of aliphatic hydroxyl groups excluding tert-OH is 3. The molecule has 15 atom stereocenters. The molecular weight excluding hydrogens is 1870 g/mol. The number of fused-ring (bicyclic) bond motifs is 4. The lowest BCUT2D eigenvalue weighted by Gasteiger charge is -2.42. The van der Waals surface area contributed by atoms with Gasteiger partial charge in [-0.3, -0.25) is 77.3 Å². The lowest BCUT2D eigenvalue weighted by Crippen LogP contribution is -2.61. The molecule has 0 bridgehead atoms. The number of aliphatic hydroxyl groups is 4. The number of likely N-dealkylation sites (tertiary alicyclic amines) is 1. The summed E-state index contributed by atoms with van der Waals surface area (Å²) < 4.78 is 23.1. The number of guanidine groups is 1. The number of nitrogens with zero attached hydrogens (tertiary/aromatic N) is 2. The number of methoxy groups -OCH3 is 1. The molecule has 0 spiro atoms. The van der Waals surface area contributed by atoms with Crippen molar-refractivity contribution in [3.63, 3.8) is 0 Å². The molecular formula is C92H119N19O27S2. The SMILES string of the molecule is COc1cccc2c1C(=O)c1c(O)c3c(c(O)c1C2=O)C[C@@](O)(C(=O)CO)C[C@@H]3O[C@H]1C[C@H](NC(=O)OCCSSCCC(=O)NCCCC[C@@H](NC(=O)[C@H](Cc2ccc(O)cc2)NC(=O)[C@H](CO)NC(=O)[C@H](Cc2c[nH]c3ccccc23)NC(=O)[C@H](Cc2c[nH]cn2)NC(=O)[C@@H]2CCC(=O)N2)C(=O)N[C@@H](CC(C)C)C(=O)N[C@@H](CCCNC(=N)N)C(=O)N2CCC[C@H]2C(=O)NCC(N)=O)[C@H](O)[C@H](C)O1. The smallest absolute Gasteiger partial charge is 0.407 e. The molecule has 13 amide bonds. The van der Waals surface area contributed by atoms with E-state index >= 15 is 9.59 Å². The molecule has 6 aromatic rings.